The summed E-state index contributed by atoms with van der Waals surface area (Å²) in [5.74, 6) is 13.2. The first-order valence-corrected chi connectivity index (χ1v) is 18.2. The highest BCUT2D eigenvalue weighted by Gasteiger charge is 2.13. The van der Waals surface area contributed by atoms with Gasteiger partial charge >= 0.3 is 0 Å². The van der Waals surface area contributed by atoms with Crippen molar-refractivity contribution in [3.8, 4) is 23.7 Å². The summed E-state index contributed by atoms with van der Waals surface area (Å²) in [7, 11) is 0. The van der Waals surface area contributed by atoms with Crippen LogP contribution in [0.25, 0.3) is 43.6 Å². The number of rotatable bonds is 12. The van der Waals surface area contributed by atoms with Gasteiger partial charge < -0.3 is 14.2 Å². The van der Waals surface area contributed by atoms with Gasteiger partial charge in [0.15, 0.2) is 0 Å². The predicted molar refractivity (Wildman–Crippen MR) is 206 cm³/mol. The molecule has 2 aromatic heterocycles. The van der Waals surface area contributed by atoms with Crippen molar-refractivity contribution in [3.05, 3.63) is 95.6 Å². The first-order valence-electron chi connectivity index (χ1n) is 18.2. The second kappa shape index (κ2) is 15.2. The van der Waals surface area contributed by atoms with Gasteiger partial charge in [0.2, 0.25) is 0 Å². The summed E-state index contributed by atoms with van der Waals surface area (Å²) >= 11 is 0. The molecule has 0 spiro atoms. The zero-order valence-corrected chi connectivity index (χ0v) is 29.3. The minimum atomic E-state index is -1.03. The Balaban J connectivity index is 1.34. The van der Waals surface area contributed by atoms with E-state index in [1.807, 2.05) is 0 Å². The summed E-state index contributed by atoms with van der Waals surface area (Å²) in [5, 5.41) is 15.2. The van der Waals surface area contributed by atoms with E-state index in [4.69, 9.17) is 0 Å². The molecule has 246 valence electrons. The highest BCUT2D eigenvalue weighted by atomic mass is 16.3. The molecule has 0 saturated carbocycles. The van der Waals surface area contributed by atoms with Crippen LogP contribution in [-0.2, 0) is 13.1 Å². The van der Waals surface area contributed by atoms with Crippen LogP contribution in [0.15, 0.2) is 78.9 Å². The summed E-state index contributed by atoms with van der Waals surface area (Å²) in [6.07, 6.45) is 12.7. The normalized spacial score (nSPS) is 11.7. The summed E-state index contributed by atoms with van der Waals surface area (Å²) < 4.78 is 4.97. The Bertz CT molecular complexity index is 2160. The van der Waals surface area contributed by atoms with E-state index in [0.29, 0.717) is 0 Å². The number of aromatic nitrogens is 2. The molecule has 0 bridgehead atoms. The third-order valence-corrected chi connectivity index (χ3v) is 9.47. The third kappa shape index (κ3) is 7.65. The number of fused-ring (bicyclic) bond motifs is 6. The first kappa shape index (κ1) is 33.5. The van der Waals surface area contributed by atoms with E-state index >= 15 is 0 Å². The lowest BCUT2D eigenvalue weighted by Crippen LogP contribution is -2.14. The van der Waals surface area contributed by atoms with Crippen molar-refractivity contribution >= 4 is 43.6 Å². The zero-order chi connectivity index (χ0) is 33.5. The smallest absolute Gasteiger partial charge is 0.120 e. The van der Waals surface area contributed by atoms with Gasteiger partial charge in [-0.15, -0.1) is 0 Å². The fraction of sp³-hybridized carbons (Fsp3) is 0.378. The van der Waals surface area contributed by atoms with E-state index < -0.39 is 5.60 Å². The topological polar surface area (TPSA) is 30.1 Å². The van der Waals surface area contributed by atoms with E-state index in [1.54, 1.807) is 13.8 Å². The van der Waals surface area contributed by atoms with Crippen LogP contribution in [0, 0.1) is 23.7 Å². The molecule has 48 heavy (non-hydrogen) atoms. The largest absolute Gasteiger partial charge is 0.378 e. The van der Waals surface area contributed by atoms with Gasteiger partial charge in [-0.25, -0.2) is 0 Å². The number of para-hydroxylation sites is 1. The number of aryl methyl sites for hydroxylation is 2. The van der Waals surface area contributed by atoms with Gasteiger partial charge in [-0.1, -0.05) is 107 Å². The van der Waals surface area contributed by atoms with Crippen LogP contribution in [0.2, 0.25) is 0 Å². The highest BCUT2D eigenvalue weighted by Crippen LogP contribution is 2.32. The Morgan fingerprint density at radius 2 is 0.917 bits per heavy atom. The van der Waals surface area contributed by atoms with Crippen molar-refractivity contribution in [1.82, 2.24) is 9.13 Å². The van der Waals surface area contributed by atoms with Crippen LogP contribution < -0.4 is 0 Å². The summed E-state index contributed by atoms with van der Waals surface area (Å²) in [5.41, 5.74) is 7.00. The maximum Gasteiger partial charge on any atom is 0.120 e. The lowest BCUT2D eigenvalue weighted by molar-refractivity contribution is 0.143. The molecule has 0 unspecified atom stereocenters. The second-order valence-electron chi connectivity index (χ2n) is 13.9. The van der Waals surface area contributed by atoms with Gasteiger partial charge in [0, 0.05) is 73.4 Å². The summed E-state index contributed by atoms with van der Waals surface area (Å²) in [6, 6.07) is 28.6. The van der Waals surface area contributed by atoms with Crippen LogP contribution in [0.4, 0.5) is 0 Å². The van der Waals surface area contributed by atoms with Crippen LogP contribution in [0.3, 0.4) is 0 Å². The molecule has 6 rings (SSSR count). The molecule has 0 radical (unpaired) electrons. The lowest BCUT2D eigenvalue weighted by atomic mass is 10.1. The van der Waals surface area contributed by atoms with Crippen molar-refractivity contribution in [2.24, 2.45) is 0 Å². The van der Waals surface area contributed by atoms with Crippen molar-refractivity contribution in [2.45, 2.75) is 111 Å². The molecule has 1 N–H and O–H groups in total. The molecular weight excluding hydrogens is 585 g/mol. The molecule has 0 aliphatic rings. The first-order chi connectivity index (χ1) is 23.4. The molecule has 2 heterocycles. The van der Waals surface area contributed by atoms with Gasteiger partial charge in [-0.2, -0.15) is 0 Å². The molecule has 0 atom stereocenters. The van der Waals surface area contributed by atoms with Gasteiger partial charge in [-0.3, -0.25) is 0 Å². The van der Waals surface area contributed by atoms with Crippen LogP contribution in [0.5, 0.6) is 0 Å². The fourth-order valence-corrected chi connectivity index (χ4v) is 6.99. The van der Waals surface area contributed by atoms with E-state index in [-0.39, 0.29) is 0 Å². The average Bonchev–Trinajstić information content (AvgIpc) is 3.57. The van der Waals surface area contributed by atoms with E-state index in [2.05, 4.69) is 126 Å². The maximum atomic E-state index is 10.2. The molecule has 0 amide bonds. The molecule has 3 nitrogen and oxygen atoms in total. The Hall–Kier alpha value is -4.44. The quantitative estimate of drug-likeness (QED) is 0.105. The Morgan fingerprint density at radius 1 is 0.500 bits per heavy atom. The molecule has 6 aromatic rings. The lowest BCUT2D eigenvalue weighted by Gasteiger charge is -2.08. The number of hydrogen-bond acceptors (Lipinski definition) is 1. The van der Waals surface area contributed by atoms with Gasteiger partial charge in [0.05, 0.1) is 0 Å². The number of benzene rings is 4. The molecule has 0 aliphatic carbocycles. The average molecular weight is 635 g/mol. The standard InChI is InChI=1S/C45H50N2O/c1-5-7-9-11-15-29-46-41-18-14-13-17-37(41)38-31-34(21-24-42(38)46)19-20-35-22-25-43-39(32-35)40-33-36(27-28-45(3,4)48)23-26-44(40)47(43)30-16-12-10-8-6-2/h13-14,17-18,21-26,31-33,48H,5-12,15-16,29-30H2,1-4H3. The van der Waals surface area contributed by atoms with Gasteiger partial charge in [0.25, 0.3) is 0 Å². The highest BCUT2D eigenvalue weighted by molar-refractivity contribution is 6.09. The van der Waals surface area contributed by atoms with E-state index in [1.165, 1.54) is 108 Å². The molecule has 0 saturated heterocycles. The van der Waals surface area contributed by atoms with Crippen LogP contribution in [-0.4, -0.2) is 19.8 Å². The summed E-state index contributed by atoms with van der Waals surface area (Å²) in [4.78, 5) is 0. The predicted octanol–water partition coefficient (Wildman–Crippen LogP) is 11.4. The zero-order valence-electron chi connectivity index (χ0n) is 29.3. The monoisotopic (exact) mass is 634 g/mol. The molecule has 4 aromatic carbocycles. The Kier molecular flexibility index (Phi) is 10.6. The van der Waals surface area contributed by atoms with E-state index in [9.17, 15) is 5.11 Å². The molecule has 0 fully saturated rings. The Labute approximate surface area is 287 Å². The fourth-order valence-electron chi connectivity index (χ4n) is 6.99. The number of nitrogens with zero attached hydrogens (tertiary/aromatic N) is 2. The van der Waals surface area contributed by atoms with Crippen molar-refractivity contribution in [2.75, 3.05) is 0 Å². The number of hydrogen-bond donors (Lipinski definition) is 1. The van der Waals surface area contributed by atoms with Crippen LogP contribution in [0.1, 0.15) is 109 Å². The minimum Gasteiger partial charge on any atom is -0.378 e. The van der Waals surface area contributed by atoms with Crippen molar-refractivity contribution < 1.29 is 5.11 Å². The van der Waals surface area contributed by atoms with Crippen LogP contribution >= 0.6 is 0 Å². The van der Waals surface area contributed by atoms with Crippen molar-refractivity contribution in [3.63, 3.8) is 0 Å². The van der Waals surface area contributed by atoms with Crippen molar-refractivity contribution in [1.29, 1.82) is 0 Å². The molecular formula is C45H50N2O. The number of aliphatic hydroxyl groups is 1. The minimum absolute atomic E-state index is 0.913. The van der Waals surface area contributed by atoms with Gasteiger partial charge in [0.1, 0.15) is 5.60 Å². The SMILES string of the molecule is CCCCCCCn1c2ccccc2c2cc(C#Cc3ccc4c(c3)c3cc(C#CC(C)(C)O)ccc3n4CCCCCCC)ccc21. The number of unbranched alkanes of at least 4 members (excludes halogenated alkanes) is 8. The molecule has 3 heteroatoms. The summed E-state index contributed by atoms with van der Waals surface area (Å²) in [6.45, 7) is 10.0. The molecule has 0 aliphatic heterocycles. The van der Waals surface area contributed by atoms with Gasteiger partial charge in [-0.05, 0) is 87.4 Å². The third-order valence-electron chi connectivity index (χ3n) is 9.47. The maximum absolute atomic E-state index is 10.2. The second-order valence-corrected chi connectivity index (χ2v) is 13.9. The van der Waals surface area contributed by atoms with E-state index in [0.717, 1.165) is 29.8 Å². The Morgan fingerprint density at radius 3 is 1.40 bits per heavy atom.